The maximum Gasteiger partial charge on any atom is 0.189 e. The van der Waals surface area contributed by atoms with Crippen molar-refractivity contribution in [2.24, 2.45) is 0 Å². The normalized spacial score (nSPS) is 14.0. The Morgan fingerprint density at radius 2 is 1.72 bits per heavy atom. The Kier molecular flexibility index (Phi) is 5.29. The Hall–Kier alpha value is -3.60. The van der Waals surface area contributed by atoms with E-state index in [1.807, 2.05) is 54.6 Å². The van der Waals surface area contributed by atoms with Gasteiger partial charge in [-0.2, -0.15) is 0 Å². The molecular weight excluding hydrogens is 366 g/mol. The van der Waals surface area contributed by atoms with Crippen molar-refractivity contribution in [1.82, 2.24) is 4.98 Å². The molecule has 1 aliphatic rings. The van der Waals surface area contributed by atoms with Crippen molar-refractivity contribution in [3.63, 3.8) is 0 Å². The van der Waals surface area contributed by atoms with E-state index >= 15 is 0 Å². The van der Waals surface area contributed by atoms with Crippen molar-refractivity contribution in [3.8, 4) is 17.2 Å². The van der Waals surface area contributed by atoms with Crippen LogP contribution < -0.4 is 14.2 Å². The smallest absolute Gasteiger partial charge is 0.189 e. The largest absolute Gasteiger partial charge is 0.493 e. The number of Topliss-reactive ketones (excluding diaryl/α,β-unsaturated/α-hetero) is 1. The number of carbonyl (C=O) groups excluding carboxylic acids is 1. The number of ketones is 1. The van der Waals surface area contributed by atoms with Gasteiger partial charge in [0.25, 0.3) is 0 Å². The second-order valence-corrected chi connectivity index (χ2v) is 6.69. The van der Waals surface area contributed by atoms with Crippen LogP contribution in [0.15, 0.2) is 66.4 Å². The minimum absolute atomic E-state index is 0.000446. The molecule has 4 rings (SSSR count). The van der Waals surface area contributed by atoms with Gasteiger partial charge in [0.2, 0.25) is 0 Å². The van der Waals surface area contributed by atoms with Crippen LogP contribution in [0.1, 0.15) is 27.2 Å². The minimum Gasteiger partial charge on any atom is -0.493 e. The summed E-state index contributed by atoms with van der Waals surface area (Å²) in [6, 6.07) is 17.0. The number of benzene rings is 2. The first-order valence-electron chi connectivity index (χ1n) is 9.31. The molecule has 0 unspecified atom stereocenters. The van der Waals surface area contributed by atoms with Gasteiger partial charge in [-0.1, -0.05) is 24.3 Å². The number of allylic oxidation sites excluding steroid dienone is 1. The van der Waals surface area contributed by atoms with Crippen LogP contribution in [0.5, 0.6) is 17.2 Å². The highest BCUT2D eigenvalue weighted by molar-refractivity contribution is 6.16. The monoisotopic (exact) mass is 387 g/mol. The Balaban J connectivity index is 1.61. The molecule has 5 heteroatoms. The van der Waals surface area contributed by atoms with Crippen molar-refractivity contribution in [2.75, 3.05) is 14.2 Å². The Bertz CT molecular complexity index is 1070. The molecule has 0 fully saturated rings. The Morgan fingerprint density at radius 3 is 2.48 bits per heavy atom. The number of fused-ring (bicyclic) bond motifs is 1. The van der Waals surface area contributed by atoms with Gasteiger partial charge in [0, 0.05) is 29.3 Å². The second-order valence-electron chi connectivity index (χ2n) is 6.69. The lowest BCUT2D eigenvalue weighted by Crippen LogP contribution is -2.00. The van der Waals surface area contributed by atoms with Gasteiger partial charge in [-0.3, -0.25) is 9.78 Å². The van der Waals surface area contributed by atoms with Gasteiger partial charge in [0.1, 0.15) is 12.4 Å². The first-order valence-corrected chi connectivity index (χ1v) is 9.31. The van der Waals surface area contributed by atoms with E-state index in [4.69, 9.17) is 14.2 Å². The van der Waals surface area contributed by atoms with Crippen LogP contribution in [0.4, 0.5) is 0 Å². The third-order valence-electron chi connectivity index (χ3n) is 4.88. The fourth-order valence-corrected chi connectivity index (χ4v) is 3.41. The molecular formula is C24H21NO4. The predicted molar refractivity (Wildman–Crippen MR) is 111 cm³/mol. The fraction of sp³-hybridized carbons (Fsp3) is 0.167. The van der Waals surface area contributed by atoms with Crippen LogP contribution >= 0.6 is 0 Å². The zero-order chi connectivity index (χ0) is 20.2. The van der Waals surface area contributed by atoms with E-state index in [1.165, 1.54) is 0 Å². The number of hydrogen-bond donors (Lipinski definition) is 0. The highest BCUT2D eigenvalue weighted by Gasteiger charge is 2.27. The van der Waals surface area contributed by atoms with E-state index in [0.717, 1.165) is 16.8 Å². The molecule has 29 heavy (non-hydrogen) atoms. The molecule has 0 radical (unpaired) electrons. The van der Waals surface area contributed by atoms with Crippen LogP contribution in [0, 0.1) is 0 Å². The van der Waals surface area contributed by atoms with Crippen molar-refractivity contribution in [3.05, 3.63) is 88.8 Å². The van der Waals surface area contributed by atoms with E-state index in [2.05, 4.69) is 4.98 Å². The van der Waals surface area contributed by atoms with Crippen molar-refractivity contribution < 1.29 is 19.0 Å². The zero-order valence-electron chi connectivity index (χ0n) is 16.3. The van der Waals surface area contributed by atoms with Crippen LogP contribution in [0.25, 0.3) is 6.08 Å². The molecule has 0 spiro atoms. The fourth-order valence-electron chi connectivity index (χ4n) is 3.41. The lowest BCUT2D eigenvalue weighted by Gasteiger charge is -2.09. The third-order valence-corrected chi connectivity index (χ3v) is 4.88. The molecule has 0 bridgehead atoms. The van der Waals surface area contributed by atoms with E-state index in [-0.39, 0.29) is 5.78 Å². The lowest BCUT2D eigenvalue weighted by molar-refractivity contribution is 0.104. The number of rotatable bonds is 6. The maximum absolute atomic E-state index is 12.9. The summed E-state index contributed by atoms with van der Waals surface area (Å²) in [5.41, 5.74) is 4.01. The van der Waals surface area contributed by atoms with Gasteiger partial charge in [-0.15, -0.1) is 0 Å². The van der Waals surface area contributed by atoms with Crippen LogP contribution in [-0.2, 0) is 13.0 Å². The molecule has 0 N–H and O–H groups in total. The number of ether oxygens (including phenoxy) is 3. The van der Waals surface area contributed by atoms with Gasteiger partial charge in [0.15, 0.2) is 17.3 Å². The molecule has 1 aliphatic carbocycles. The SMILES string of the molecule is COc1cc2c(cc1OC)C(=O)/C(=C/c1ccccc1OCc1ccccn1)C2. The predicted octanol–water partition coefficient (Wildman–Crippen LogP) is 4.50. The lowest BCUT2D eigenvalue weighted by atomic mass is 10.1. The average Bonchev–Trinajstić information content (AvgIpc) is 3.07. The summed E-state index contributed by atoms with van der Waals surface area (Å²) in [6.45, 7) is 0.365. The summed E-state index contributed by atoms with van der Waals surface area (Å²) in [7, 11) is 3.16. The summed E-state index contributed by atoms with van der Waals surface area (Å²) in [5.74, 6) is 1.89. The minimum atomic E-state index is 0.000446. The standard InChI is InChI=1S/C24H21NO4/c1-27-22-13-17-12-18(24(26)20(17)14-23(22)28-2)11-16-7-3-4-9-21(16)29-15-19-8-5-6-10-25-19/h3-11,13-14H,12,15H2,1-2H3/b18-11+. The molecule has 0 saturated heterocycles. The summed E-state index contributed by atoms with van der Waals surface area (Å²) in [6.07, 6.45) is 4.18. The molecule has 0 aliphatic heterocycles. The van der Waals surface area contributed by atoms with Gasteiger partial charge >= 0.3 is 0 Å². The first-order chi connectivity index (χ1) is 14.2. The summed E-state index contributed by atoms with van der Waals surface area (Å²) in [5, 5.41) is 0. The average molecular weight is 387 g/mol. The third kappa shape index (κ3) is 3.85. The highest BCUT2D eigenvalue weighted by Crippen LogP contribution is 2.37. The molecule has 2 aromatic carbocycles. The molecule has 146 valence electrons. The highest BCUT2D eigenvalue weighted by atomic mass is 16.5. The number of methoxy groups -OCH3 is 2. The van der Waals surface area contributed by atoms with Crippen molar-refractivity contribution in [1.29, 1.82) is 0 Å². The number of hydrogen-bond acceptors (Lipinski definition) is 5. The van der Waals surface area contributed by atoms with E-state index in [9.17, 15) is 4.79 Å². The summed E-state index contributed by atoms with van der Waals surface area (Å²) >= 11 is 0. The number of nitrogens with zero attached hydrogens (tertiary/aromatic N) is 1. The van der Waals surface area contributed by atoms with E-state index in [1.54, 1.807) is 26.5 Å². The van der Waals surface area contributed by atoms with Gasteiger partial charge < -0.3 is 14.2 Å². The van der Waals surface area contributed by atoms with Crippen LogP contribution in [0.2, 0.25) is 0 Å². The molecule has 0 saturated carbocycles. The number of para-hydroxylation sites is 1. The zero-order valence-corrected chi connectivity index (χ0v) is 16.3. The summed E-state index contributed by atoms with van der Waals surface area (Å²) in [4.78, 5) is 17.2. The summed E-state index contributed by atoms with van der Waals surface area (Å²) < 4.78 is 16.7. The number of pyridine rings is 1. The van der Waals surface area contributed by atoms with Crippen LogP contribution in [0.3, 0.4) is 0 Å². The first kappa shape index (κ1) is 18.7. The number of aromatic nitrogens is 1. The second kappa shape index (κ2) is 8.19. The van der Waals surface area contributed by atoms with Gasteiger partial charge in [-0.05, 0) is 42.0 Å². The quantitative estimate of drug-likeness (QED) is 0.583. The van der Waals surface area contributed by atoms with Gasteiger partial charge in [-0.25, -0.2) is 0 Å². The molecule has 0 amide bonds. The molecule has 5 nitrogen and oxygen atoms in total. The molecule has 1 aromatic heterocycles. The molecule has 3 aromatic rings. The van der Waals surface area contributed by atoms with E-state index < -0.39 is 0 Å². The molecule has 1 heterocycles. The Morgan fingerprint density at radius 1 is 0.966 bits per heavy atom. The number of carbonyl (C=O) groups is 1. The Labute approximate surface area is 169 Å². The topological polar surface area (TPSA) is 57.7 Å². The molecule has 0 atom stereocenters. The van der Waals surface area contributed by atoms with E-state index in [0.29, 0.717) is 41.4 Å². The van der Waals surface area contributed by atoms with Crippen LogP contribution in [-0.4, -0.2) is 25.0 Å². The maximum atomic E-state index is 12.9. The van der Waals surface area contributed by atoms with Gasteiger partial charge in [0.05, 0.1) is 19.9 Å². The van der Waals surface area contributed by atoms with Crippen molar-refractivity contribution >= 4 is 11.9 Å². The van der Waals surface area contributed by atoms with Crippen molar-refractivity contribution in [2.45, 2.75) is 13.0 Å².